The second kappa shape index (κ2) is 12.2. The van der Waals surface area contributed by atoms with Crippen molar-refractivity contribution in [2.45, 2.75) is 106 Å². The van der Waals surface area contributed by atoms with Crippen molar-refractivity contribution in [3.05, 3.63) is 83.7 Å². The molecule has 1 heterocycles. The van der Waals surface area contributed by atoms with Crippen LogP contribution in [0.3, 0.4) is 0 Å². The van der Waals surface area contributed by atoms with Crippen molar-refractivity contribution in [2.24, 2.45) is 56.7 Å². The van der Waals surface area contributed by atoms with Gasteiger partial charge >= 0.3 is 5.97 Å². The van der Waals surface area contributed by atoms with Crippen molar-refractivity contribution < 1.29 is 14.7 Å². The lowest BCUT2D eigenvalue weighted by atomic mass is 9.32. The number of nitrogens with zero attached hydrogens (tertiary/aromatic N) is 2. The second-order valence-electron chi connectivity index (χ2n) is 18.6. The number of likely N-dealkylation sites (N-methyl/N-ethyl adjacent to an activating group) is 1. The van der Waals surface area contributed by atoms with Gasteiger partial charge < -0.3 is 10.0 Å². The number of aromatic nitrogens is 1. The molecule has 0 spiro atoms. The number of fused-ring (bicyclic) bond motifs is 7. The summed E-state index contributed by atoms with van der Waals surface area (Å²) in [5, 5.41) is 9.49. The van der Waals surface area contributed by atoms with Gasteiger partial charge in [0.2, 0.25) is 5.91 Å². The molecule has 268 valence electrons. The van der Waals surface area contributed by atoms with Gasteiger partial charge in [0.25, 0.3) is 0 Å². The molecule has 50 heavy (non-hydrogen) atoms. The summed E-state index contributed by atoms with van der Waals surface area (Å²) >= 11 is 0. The Morgan fingerprint density at radius 3 is 2.30 bits per heavy atom. The Hall–Kier alpha value is -3.21. The smallest absolute Gasteiger partial charge is 0.335 e. The molecular weight excluding hydrogens is 617 g/mol. The van der Waals surface area contributed by atoms with Crippen molar-refractivity contribution >= 4 is 17.4 Å². The predicted octanol–water partition coefficient (Wildman–Crippen LogP) is 10.1. The Morgan fingerprint density at radius 2 is 1.64 bits per heavy atom. The lowest BCUT2D eigenvalue weighted by Crippen LogP contribution is -2.66. The molecular formula is C45H60N2O3. The van der Waals surface area contributed by atoms with Gasteiger partial charge in [-0.3, -0.25) is 9.78 Å². The zero-order valence-corrected chi connectivity index (χ0v) is 31.7. The number of rotatable bonds is 7. The first-order chi connectivity index (χ1) is 23.6. The molecule has 2 aromatic rings. The van der Waals surface area contributed by atoms with E-state index in [9.17, 15) is 14.7 Å². The van der Waals surface area contributed by atoms with Crippen LogP contribution in [0.25, 0.3) is 5.57 Å². The van der Waals surface area contributed by atoms with Crippen LogP contribution < -0.4 is 0 Å². The summed E-state index contributed by atoms with van der Waals surface area (Å²) in [7, 11) is 2.03. The molecule has 9 atom stereocenters. The topological polar surface area (TPSA) is 70.5 Å². The molecule has 5 nitrogen and oxygen atoms in total. The quantitative estimate of drug-likeness (QED) is 0.296. The SMILES string of the molecule is C=C(C)[C@@H]1CC[C@]2(C(=O)N(C)CCc3ccccn3)CC[C@]3(C)[C@H](CCC4[C@@]5(C)CC=C(c6ccc(C(=O)O)cc6)C(C)(C)C5CC[C@]43C)C12. The number of hydrogen-bond acceptors (Lipinski definition) is 3. The van der Waals surface area contributed by atoms with Gasteiger partial charge in [0.15, 0.2) is 0 Å². The summed E-state index contributed by atoms with van der Waals surface area (Å²) in [6, 6.07) is 13.6. The highest BCUT2D eigenvalue weighted by molar-refractivity contribution is 5.88. The number of pyridine rings is 1. The van der Waals surface area contributed by atoms with Crippen molar-refractivity contribution in [3.8, 4) is 0 Å². The molecule has 0 bridgehead atoms. The fraction of sp³-hybridized carbons (Fsp3) is 0.622. The molecule has 7 rings (SSSR count). The van der Waals surface area contributed by atoms with E-state index in [0.717, 1.165) is 49.8 Å². The summed E-state index contributed by atoms with van der Waals surface area (Å²) in [6.45, 7) is 20.3. The number of carbonyl (C=O) groups is 2. The zero-order valence-electron chi connectivity index (χ0n) is 31.7. The zero-order chi connectivity index (χ0) is 35.9. The molecule has 5 aliphatic rings. The van der Waals surface area contributed by atoms with Crippen LogP contribution in [-0.2, 0) is 11.2 Å². The van der Waals surface area contributed by atoms with Crippen LogP contribution in [0.5, 0.6) is 0 Å². The maximum atomic E-state index is 14.8. The molecule has 5 heteroatoms. The lowest BCUT2D eigenvalue weighted by molar-refractivity contribution is -0.226. The predicted molar refractivity (Wildman–Crippen MR) is 201 cm³/mol. The van der Waals surface area contributed by atoms with E-state index in [-0.39, 0.29) is 27.1 Å². The van der Waals surface area contributed by atoms with E-state index < -0.39 is 5.97 Å². The minimum Gasteiger partial charge on any atom is -0.478 e. The van der Waals surface area contributed by atoms with Crippen LogP contribution in [0.15, 0.2) is 66.9 Å². The Balaban J connectivity index is 1.19. The number of aromatic carboxylic acids is 1. The molecule has 0 saturated heterocycles. The highest BCUT2D eigenvalue weighted by Gasteiger charge is 2.71. The van der Waals surface area contributed by atoms with Gasteiger partial charge in [0.1, 0.15) is 0 Å². The summed E-state index contributed by atoms with van der Waals surface area (Å²) < 4.78 is 0. The van der Waals surface area contributed by atoms with Gasteiger partial charge in [-0.2, -0.15) is 0 Å². The first-order valence-electron chi connectivity index (χ1n) is 19.5. The molecule has 5 aliphatic carbocycles. The van der Waals surface area contributed by atoms with Gasteiger partial charge in [-0.05, 0) is 151 Å². The maximum absolute atomic E-state index is 14.8. The highest BCUT2D eigenvalue weighted by Crippen LogP contribution is 2.77. The summed E-state index contributed by atoms with van der Waals surface area (Å²) in [5.41, 5.74) is 5.46. The second-order valence-corrected chi connectivity index (χ2v) is 18.6. The first kappa shape index (κ1) is 35.2. The largest absolute Gasteiger partial charge is 0.478 e. The van der Waals surface area contributed by atoms with Crippen molar-refractivity contribution in [1.82, 2.24) is 9.88 Å². The van der Waals surface area contributed by atoms with Crippen LogP contribution in [-0.4, -0.2) is 40.5 Å². The Morgan fingerprint density at radius 1 is 0.900 bits per heavy atom. The van der Waals surface area contributed by atoms with Gasteiger partial charge in [-0.1, -0.05) is 71.0 Å². The van der Waals surface area contributed by atoms with Crippen LogP contribution in [0, 0.1) is 56.7 Å². The van der Waals surface area contributed by atoms with Crippen LogP contribution in [0.4, 0.5) is 0 Å². The summed E-state index contributed by atoms with van der Waals surface area (Å²) in [4.78, 5) is 32.9. The highest BCUT2D eigenvalue weighted by atomic mass is 16.4. The number of benzene rings is 1. The fourth-order valence-corrected chi connectivity index (χ4v) is 13.7. The molecule has 4 fully saturated rings. The molecule has 1 aromatic carbocycles. The first-order valence-corrected chi connectivity index (χ1v) is 19.5. The molecule has 0 aliphatic heterocycles. The number of hydrogen-bond donors (Lipinski definition) is 1. The van der Waals surface area contributed by atoms with E-state index in [1.165, 1.54) is 36.8 Å². The van der Waals surface area contributed by atoms with Gasteiger partial charge in [-0.25, -0.2) is 4.79 Å². The van der Waals surface area contributed by atoms with Crippen molar-refractivity contribution in [1.29, 1.82) is 0 Å². The normalized spacial score (nSPS) is 38.5. The molecule has 0 radical (unpaired) electrons. The van der Waals surface area contributed by atoms with Crippen LogP contribution in [0.2, 0.25) is 0 Å². The minimum absolute atomic E-state index is 0.0126. The number of carboxylic acid groups (broad SMARTS) is 1. The average Bonchev–Trinajstić information content (AvgIpc) is 3.49. The van der Waals surface area contributed by atoms with Crippen molar-refractivity contribution in [2.75, 3.05) is 13.6 Å². The third-order valence-electron chi connectivity index (χ3n) is 16.3. The third kappa shape index (κ3) is 5.02. The monoisotopic (exact) mass is 676 g/mol. The summed E-state index contributed by atoms with van der Waals surface area (Å²) in [6.07, 6.45) is 15.3. The van der Waals surface area contributed by atoms with E-state index in [4.69, 9.17) is 0 Å². The number of carboxylic acids is 1. The van der Waals surface area contributed by atoms with Crippen LogP contribution >= 0.6 is 0 Å². The average molecular weight is 677 g/mol. The van der Waals surface area contributed by atoms with Crippen LogP contribution in [0.1, 0.15) is 121 Å². The molecule has 1 aromatic heterocycles. The van der Waals surface area contributed by atoms with E-state index >= 15 is 0 Å². The molecule has 1 N–H and O–H groups in total. The van der Waals surface area contributed by atoms with E-state index in [1.807, 2.05) is 42.4 Å². The Labute approximate surface area is 301 Å². The Kier molecular flexibility index (Phi) is 8.59. The van der Waals surface area contributed by atoms with E-state index in [0.29, 0.717) is 47.6 Å². The van der Waals surface area contributed by atoms with Gasteiger partial charge in [-0.15, -0.1) is 0 Å². The number of allylic oxidation sites excluding steroid dienone is 3. The van der Waals surface area contributed by atoms with Gasteiger partial charge in [0.05, 0.1) is 11.0 Å². The molecule has 3 unspecified atom stereocenters. The fourth-order valence-electron chi connectivity index (χ4n) is 13.7. The Bertz CT molecular complexity index is 1690. The lowest BCUT2D eigenvalue weighted by Gasteiger charge is -2.72. The standard InChI is InChI=1S/C45H60N2O3/c1-29(2)33-18-24-45(40(50)47(8)28-21-32-11-9-10-27-46-32)26-25-43(6)35(38(33)45)16-17-37-42(5)22-19-34(30-12-14-31(15-13-30)39(48)49)41(3,4)36(42)20-23-44(37,43)7/h9-15,19,27,33,35-38H,1,16-18,20-26,28H2,2-8H3,(H,48,49)/t33-,35+,36?,37?,38?,42-,43+,44+,45-/m0/s1. The molecule has 1 amide bonds. The maximum Gasteiger partial charge on any atom is 0.335 e. The number of carbonyl (C=O) groups excluding carboxylic acids is 1. The van der Waals surface area contributed by atoms with Gasteiger partial charge in [0, 0.05) is 31.9 Å². The number of amides is 1. The summed E-state index contributed by atoms with van der Waals surface area (Å²) in [5.74, 6) is 1.96. The van der Waals surface area contributed by atoms with E-state index in [1.54, 1.807) is 12.1 Å². The van der Waals surface area contributed by atoms with Crippen molar-refractivity contribution in [3.63, 3.8) is 0 Å². The third-order valence-corrected chi connectivity index (χ3v) is 16.3. The van der Waals surface area contributed by atoms with E-state index in [2.05, 4.69) is 65.2 Å². The molecule has 4 saturated carbocycles. The minimum atomic E-state index is -0.874.